The van der Waals surface area contributed by atoms with Gasteiger partial charge < -0.3 is 24.8 Å². The third kappa shape index (κ3) is 5.41. The maximum Gasteiger partial charge on any atom is 0.243 e. The number of rotatable bonds is 8. The Morgan fingerprint density at radius 2 is 1.54 bits per heavy atom. The number of hydrogen-bond donors (Lipinski definition) is 2. The van der Waals surface area contributed by atoms with Crippen LogP contribution in [-0.4, -0.2) is 39.7 Å². The van der Waals surface area contributed by atoms with Crippen LogP contribution in [0.25, 0.3) is 0 Å². The molecule has 2 N–H and O–H groups in total. The molecule has 0 atom stereocenters. The van der Waals surface area contributed by atoms with Crippen LogP contribution in [-0.2, 0) is 16.0 Å². The van der Waals surface area contributed by atoms with E-state index in [1.54, 1.807) is 56.7 Å². The molecule has 0 bridgehead atoms. The van der Waals surface area contributed by atoms with E-state index in [0.29, 0.717) is 22.9 Å². The van der Waals surface area contributed by atoms with Crippen molar-refractivity contribution in [1.82, 2.24) is 5.32 Å². The van der Waals surface area contributed by atoms with Crippen LogP contribution in [0, 0.1) is 0 Å². The number of amides is 2. The lowest BCUT2D eigenvalue weighted by molar-refractivity contribution is -0.123. The molecule has 0 saturated heterocycles. The molecule has 2 amide bonds. The number of nitrogens with one attached hydrogen (secondary N) is 2. The van der Waals surface area contributed by atoms with Crippen LogP contribution in [0.4, 0.5) is 5.69 Å². The van der Waals surface area contributed by atoms with E-state index in [1.165, 1.54) is 7.11 Å². The number of benzene rings is 2. The van der Waals surface area contributed by atoms with E-state index in [1.807, 2.05) is 0 Å². The molecule has 7 heteroatoms. The van der Waals surface area contributed by atoms with Crippen molar-refractivity contribution in [2.24, 2.45) is 0 Å². The summed E-state index contributed by atoms with van der Waals surface area (Å²) in [5, 5.41) is 5.29. The van der Waals surface area contributed by atoms with Crippen molar-refractivity contribution in [3.63, 3.8) is 0 Å². The number of anilines is 1. The fourth-order valence-corrected chi connectivity index (χ4v) is 2.30. The Labute approximate surface area is 152 Å². The van der Waals surface area contributed by atoms with E-state index < -0.39 is 0 Å². The van der Waals surface area contributed by atoms with E-state index in [4.69, 9.17) is 14.2 Å². The quantitative estimate of drug-likeness (QED) is 0.754. The molecule has 2 aromatic carbocycles. The largest absolute Gasteiger partial charge is 0.497 e. The van der Waals surface area contributed by atoms with Crippen LogP contribution in [0.3, 0.4) is 0 Å². The van der Waals surface area contributed by atoms with Gasteiger partial charge in [-0.25, -0.2) is 0 Å². The maximum absolute atomic E-state index is 12.0. The Bertz CT molecular complexity index is 759. The highest BCUT2D eigenvalue weighted by molar-refractivity contribution is 5.94. The van der Waals surface area contributed by atoms with Gasteiger partial charge in [0.2, 0.25) is 11.8 Å². The van der Waals surface area contributed by atoms with Gasteiger partial charge in [0.15, 0.2) is 11.5 Å². The molecule has 0 aromatic heterocycles. The summed E-state index contributed by atoms with van der Waals surface area (Å²) in [6.45, 7) is -0.113. The molecule has 138 valence electrons. The van der Waals surface area contributed by atoms with Gasteiger partial charge in [-0.2, -0.15) is 0 Å². The average Bonchev–Trinajstić information content (AvgIpc) is 2.67. The van der Waals surface area contributed by atoms with Crippen LogP contribution in [0.5, 0.6) is 17.2 Å². The van der Waals surface area contributed by atoms with Crippen molar-refractivity contribution in [3.8, 4) is 17.2 Å². The molecule has 0 unspecified atom stereocenters. The van der Waals surface area contributed by atoms with Gasteiger partial charge in [0, 0.05) is 5.69 Å². The smallest absolute Gasteiger partial charge is 0.243 e. The molecule has 0 radical (unpaired) electrons. The Hall–Kier alpha value is -3.22. The first-order valence-electron chi connectivity index (χ1n) is 7.97. The van der Waals surface area contributed by atoms with Crippen molar-refractivity contribution in [1.29, 1.82) is 0 Å². The lowest BCUT2D eigenvalue weighted by Gasteiger charge is -2.10. The zero-order valence-electron chi connectivity index (χ0n) is 15.0. The second-order valence-corrected chi connectivity index (χ2v) is 5.42. The van der Waals surface area contributed by atoms with Crippen molar-refractivity contribution in [2.75, 3.05) is 33.2 Å². The van der Waals surface area contributed by atoms with Gasteiger partial charge in [-0.1, -0.05) is 6.07 Å². The van der Waals surface area contributed by atoms with Crippen LogP contribution in [0.1, 0.15) is 5.56 Å². The minimum absolute atomic E-state index is 0.113. The summed E-state index contributed by atoms with van der Waals surface area (Å²) >= 11 is 0. The van der Waals surface area contributed by atoms with Gasteiger partial charge in [-0.3, -0.25) is 9.59 Å². The normalized spacial score (nSPS) is 9.96. The van der Waals surface area contributed by atoms with Gasteiger partial charge in [0.1, 0.15) is 5.75 Å². The van der Waals surface area contributed by atoms with Crippen LogP contribution >= 0.6 is 0 Å². The Morgan fingerprint density at radius 3 is 2.15 bits per heavy atom. The summed E-state index contributed by atoms with van der Waals surface area (Å²) in [5.41, 5.74) is 1.39. The molecule has 0 aliphatic rings. The predicted octanol–water partition coefficient (Wildman–Crippen LogP) is 2.01. The van der Waals surface area contributed by atoms with Crippen molar-refractivity contribution >= 4 is 17.5 Å². The molecule has 0 spiro atoms. The number of ether oxygens (including phenoxy) is 3. The molecule has 2 rings (SSSR count). The van der Waals surface area contributed by atoms with Gasteiger partial charge in [0.25, 0.3) is 0 Å². The highest BCUT2D eigenvalue weighted by atomic mass is 16.5. The third-order valence-electron chi connectivity index (χ3n) is 3.63. The number of carbonyl (C=O) groups is 2. The lowest BCUT2D eigenvalue weighted by atomic mass is 10.1. The van der Waals surface area contributed by atoms with E-state index in [2.05, 4.69) is 10.6 Å². The van der Waals surface area contributed by atoms with Crippen LogP contribution < -0.4 is 24.8 Å². The van der Waals surface area contributed by atoms with E-state index in [-0.39, 0.29) is 24.8 Å². The van der Waals surface area contributed by atoms with Crippen LogP contribution in [0.15, 0.2) is 42.5 Å². The van der Waals surface area contributed by atoms with E-state index >= 15 is 0 Å². The monoisotopic (exact) mass is 358 g/mol. The minimum atomic E-state index is -0.309. The molecule has 0 heterocycles. The second kappa shape index (κ2) is 9.31. The topological polar surface area (TPSA) is 85.9 Å². The van der Waals surface area contributed by atoms with Gasteiger partial charge in [-0.15, -0.1) is 0 Å². The molecular formula is C19H22N2O5. The minimum Gasteiger partial charge on any atom is -0.497 e. The summed E-state index contributed by atoms with van der Waals surface area (Å²) in [6.07, 6.45) is 0.135. The summed E-state index contributed by atoms with van der Waals surface area (Å²) in [5.74, 6) is 1.27. The zero-order chi connectivity index (χ0) is 18.9. The second-order valence-electron chi connectivity index (χ2n) is 5.42. The van der Waals surface area contributed by atoms with Crippen molar-refractivity contribution in [3.05, 3.63) is 48.0 Å². The number of hydrogen-bond acceptors (Lipinski definition) is 5. The first-order chi connectivity index (χ1) is 12.5. The summed E-state index contributed by atoms with van der Waals surface area (Å²) < 4.78 is 15.4. The molecule has 26 heavy (non-hydrogen) atoms. The SMILES string of the molecule is COc1ccc(NC(=O)CNC(=O)Cc2ccc(OC)c(OC)c2)cc1. The lowest BCUT2D eigenvalue weighted by Crippen LogP contribution is -2.33. The van der Waals surface area contributed by atoms with E-state index in [0.717, 1.165) is 5.56 Å². The fraction of sp³-hybridized carbons (Fsp3) is 0.263. The van der Waals surface area contributed by atoms with E-state index in [9.17, 15) is 9.59 Å². The molecular weight excluding hydrogens is 336 g/mol. The van der Waals surface area contributed by atoms with Gasteiger partial charge in [0.05, 0.1) is 34.3 Å². The first-order valence-corrected chi connectivity index (χ1v) is 7.97. The third-order valence-corrected chi connectivity index (χ3v) is 3.63. The Morgan fingerprint density at radius 1 is 0.846 bits per heavy atom. The number of carbonyl (C=O) groups excluding carboxylic acids is 2. The fourth-order valence-electron chi connectivity index (χ4n) is 2.30. The molecule has 0 aliphatic heterocycles. The first kappa shape index (κ1) is 19.1. The summed E-state index contributed by atoms with van der Waals surface area (Å²) in [4.78, 5) is 23.9. The van der Waals surface area contributed by atoms with Crippen LogP contribution in [0.2, 0.25) is 0 Å². The highest BCUT2D eigenvalue weighted by Crippen LogP contribution is 2.27. The van der Waals surface area contributed by atoms with Gasteiger partial charge >= 0.3 is 0 Å². The molecule has 0 saturated carbocycles. The predicted molar refractivity (Wildman–Crippen MR) is 97.9 cm³/mol. The Balaban J connectivity index is 1.83. The standard InChI is InChI=1S/C19H22N2O5/c1-24-15-7-5-14(6-8-15)21-19(23)12-20-18(22)11-13-4-9-16(25-2)17(10-13)26-3/h4-10H,11-12H2,1-3H3,(H,20,22)(H,21,23). The molecule has 0 fully saturated rings. The van der Waals surface area contributed by atoms with Crippen molar-refractivity contribution in [2.45, 2.75) is 6.42 Å². The average molecular weight is 358 g/mol. The summed E-state index contributed by atoms with van der Waals surface area (Å²) in [7, 11) is 4.65. The molecule has 2 aromatic rings. The Kier molecular flexibility index (Phi) is 6.84. The molecule has 0 aliphatic carbocycles. The van der Waals surface area contributed by atoms with Gasteiger partial charge in [-0.05, 0) is 42.0 Å². The summed E-state index contributed by atoms with van der Waals surface area (Å²) in [6, 6.07) is 12.2. The zero-order valence-corrected chi connectivity index (χ0v) is 15.0. The molecule has 7 nitrogen and oxygen atoms in total. The maximum atomic E-state index is 12.0. The number of methoxy groups -OCH3 is 3. The van der Waals surface area contributed by atoms with Crippen molar-refractivity contribution < 1.29 is 23.8 Å². The highest BCUT2D eigenvalue weighted by Gasteiger charge is 2.10.